The molecule has 0 saturated carbocycles. The molecule has 0 aliphatic heterocycles. The zero-order valence-electron chi connectivity index (χ0n) is 36.0. The Morgan fingerprint density at radius 2 is 0.930 bits per heavy atom. The van der Waals surface area contributed by atoms with Crippen molar-refractivity contribution >= 4 is 19.8 Å². The third-order valence-electron chi connectivity index (χ3n) is 9.06. The fourth-order valence-corrected chi connectivity index (χ4v) is 6.48. The first-order valence-corrected chi connectivity index (χ1v) is 23.9. The van der Waals surface area contributed by atoms with E-state index in [9.17, 15) is 19.0 Å². The number of ether oxygens (including phenoxy) is 2. The summed E-state index contributed by atoms with van der Waals surface area (Å²) in [6, 6.07) is 0. The summed E-state index contributed by atoms with van der Waals surface area (Å²) in [5.74, 6) is -0.903. The van der Waals surface area contributed by atoms with Crippen LogP contribution in [0.3, 0.4) is 0 Å². The molecule has 0 heterocycles. The quantitative estimate of drug-likeness (QED) is 0.0267. The van der Waals surface area contributed by atoms with Crippen molar-refractivity contribution < 1.29 is 37.6 Å². The molecule has 0 amide bonds. The molecule has 57 heavy (non-hydrogen) atoms. The third-order valence-corrected chi connectivity index (χ3v) is 10.0. The van der Waals surface area contributed by atoms with Crippen LogP contribution in [0, 0.1) is 0 Å². The second kappa shape index (κ2) is 43.0. The van der Waals surface area contributed by atoms with E-state index in [0.29, 0.717) is 12.8 Å². The summed E-state index contributed by atoms with van der Waals surface area (Å²) in [7, 11) is -4.39. The summed E-state index contributed by atoms with van der Waals surface area (Å²) in [5.41, 5.74) is 5.35. The van der Waals surface area contributed by atoms with Gasteiger partial charge < -0.3 is 20.1 Å². The maximum Gasteiger partial charge on any atom is 0.472 e. The number of hydrogen-bond donors (Lipinski definition) is 2. The van der Waals surface area contributed by atoms with E-state index >= 15 is 0 Å². The lowest BCUT2D eigenvalue weighted by atomic mass is 10.1. The van der Waals surface area contributed by atoms with Gasteiger partial charge in [-0.2, -0.15) is 0 Å². The molecule has 0 spiro atoms. The molecule has 0 aliphatic carbocycles. The zero-order chi connectivity index (χ0) is 41.8. The Kier molecular flexibility index (Phi) is 41.1. The topological polar surface area (TPSA) is 134 Å². The lowest BCUT2D eigenvalue weighted by Gasteiger charge is -2.19. The van der Waals surface area contributed by atoms with Crippen molar-refractivity contribution in [3.05, 3.63) is 72.9 Å². The molecule has 1 unspecified atom stereocenters. The normalized spacial score (nSPS) is 14.0. The predicted molar refractivity (Wildman–Crippen MR) is 238 cm³/mol. The van der Waals surface area contributed by atoms with Crippen molar-refractivity contribution in [3.8, 4) is 0 Å². The first-order chi connectivity index (χ1) is 27.8. The van der Waals surface area contributed by atoms with Crippen LogP contribution in [0.4, 0.5) is 0 Å². The first kappa shape index (κ1) is 54.5. The minimum Gasteiger partial charge on any atom is -0.462 e. The Labute approximate surface area is 348 Å². The molecule has 0 aromatic heterocycles. The molecule has 3 N–H and O–H groups in total. The van der Waals surface area contributed by atoms with Crippen molar-refractivity contribution in [3.63, 3.8) is 0 Å². The molecule has 0 fully saturated rings. The molecule has 0 aromatic carbocycles. The van der Waals surface area contributed by atoms with Gasteiger partial charge in [0, 0.05) is 19.4 Å². The lowest BCUT2D eigenvalue weighted by molar-refractivity contribution is -0.161. The van der Waals surface area contributed by atoms with Crippen LogP contribution in [0.15, 0.2) is 72.9 Å². The molecular formula is C47H82NO8P. The van der Waals surface area contributed by atoms with E-state index in [1.54, 1.807) is 0 Å². The molecule has 0 aromatic rings. The molecule has 10 heteroatoms. The fourth-order valence-electron chi connectivity index (χ4n) is 5.71. The number of esters is 2. The second-order valence-electron chi connectivity index (χ2n) is 14.6. The van der Waals surface area contributed by atoms with Crippen molar-refractivity contribution in [1.29, 1.82) is 0 Å². The minimum atomic E-state index is -4.39. The van der Waals surface area contributed by atoms with Gasteiger partial charge in [0.15, 0.2) is 6.10 Å². The average molecular weight is 820 g/mol. The maximum absolute atomic E-state index is 12.6. The van der Waals surface area contributed by atoms with Crippen LogP contribution < -0.4 is 5.73 Å². The van der Waals surface area contributed by atoms with Crippen LogP contribution in [0.1, 0.15) is 181 Å². The van der Waals surface area contributed by atoms with Gasteiger partial charge >= 0.3 is 19.8 Å². The average Bonchev–Trinajstić information content (AvgIpc) is 3.20. The number of carbonyl (C=O) groups excluding carboxylic acids is 2. The Balaban J connectivity index is 4.24. The Hall–Kier alpha value is -2.55. The number of carbonyl (C=O) groups is 2. The zero-order valence-corrected chi connectivity index (χ0v) is 36.9. The molecule has 0 rings (SSSR count). The highest BCUT2D eigenvalue weighted by molar-refractivity contribution is 7.47. The van der Waals surface area contributed by atoms with Gasteiger partial charge in [0.05, 0.1) is 13.2 Å². The summed E-state index contributed by atoms with van der Waals surface area (Å²) >= 11 is 0. The summed E-state index contributed by atoms with van der Waals surface area (Å²) < 4.78 is 32.7. The molecule has 0 bridgehead atoms. The molecule has 2 atom stereocenters. The van der Waals surface area contributed by atoms with Gasteiger partial charge in [-0.25, -0.2) is 4.57 Å². The van der Waals surface area contributed by atoms with Crippen LogP contribution >= 0.6 is 7.82 Å². The van der Waals surface area contributed by atoms with E-state index in [4.69, 9.17) is 24.3 Å². The molecule has 0 aliphatic rings. The van der Waals surface area contributed by atoms with Crippen LogP contribution in [-0.4, -0.2) is 49.3 Å². The third kappa shape index (κ3) is 42.9. The SMILES string of the molecule is CCCCCC=CCC=CCC=CCC=CCCCC(=O)OC[C@H](COP(=O)(O)OCCN)OC(=O)CCCCCCCCCCCC=CCC=CCCCCC. The van der Waals surface area contributed by atoms with Crippen LogP contribution in [0.2, 0.25) is 0 Å². The summed E-state index contributed by atoms with van der Waals surface area (Å²) in [5, 5.41) is 0. The van der Waals surface area contributed by atoms with Gasteiger partial charge in [0.1, 0.15) is 6.61 Å². The minimum absolute atomic E-state index is 0.0422. The Morgan fingerprint density at radius 1 is 0.526 bits per heavy atom. The monoisotopic (exact) mass is 820 g/mol. The molecule has 9 nitrogen and oxygen atoms in total. The van der Waals surface area contributed by atoms with E-state index in [1.165, 1.54) is 83.5 Å². The highest BCUT2D eigenvalue weighted by Crippen LogP contribution is 2.43. The summed E-state index contributed by atoms with van der Waals surface area (Å²) in [6.45, 7) is 3.60. The number of phosphoric acid groups is 1. The van der Waals surface area contributed by atoms with Crippen molar-refractivity contribution in [2.45, 2.75) is 187 Å². The largest absolute Gasteiger partial charge is 0.472 e. The number of hydrogen-bond acceptors (Lipinski definition) is 8. The Bertz CT molecular complexity index is 1160. The standard InChI is InChI=1S/C47H82NO8P/c1-3-5-7-9-11-13-15-17-19-21-22-24-26-28-30-32-34-36-38-40-47(50)56-45(44-55-57(51,52)54-42-41-48)43-53-46(49)39-37-35-33-31-29-27-25-23-20-18-16-14-12-10-8-6-4-2/h11-14,17-20,25,27,31,33,45H,3-10,15-16,21-24,26,28-30,32,34-44,48H2,1-2H3,(H,51,52)/t45-/m1/s1. The smallest absolute Gasteiger partial charge is 0.462 e. The van der Waals surface area contributed by atoms with E-state index in [1.807, 2.05) is 6.08 Å². The van der Waals surface area contributed by atoms with Gasteiger partial charge in [-0.1, -0.05) is 157 Å². The van der Waals surface area contributed by atoms with Gasteiger partial charge in [-0.15, -0.1) is 0 Å². The summed E-state index contributed by atoms with van der Waals surface area (Å²) in [6.07, 6.45) is 52.2. The van der Waals surface area contributed by atoms with Crippen LogP contribution in [0.25, 0.3) is 0 Å². The van der Waals surface area contributed by atoms with E-state index < -0.39 is 32.5 Å². The van der Waals surface area contributed by atoms with Gasteiger partial charge in [-0.05, 0) is 83.5 Å². The number of unbranched alkanes of at least 4 members (excludes halogenated alkanes) is 16. The van der Waals surface area contributed by atoms with Crippen LogP contribution in [-0.2, 0) is 32.7 Å². The van der Waals surface area contributed by atoms with Gasteiger partial charge in [-0.3, -0.25) is 18.6 Å². The highest BCUT2D eigenvalue weighted by Gasteiger charge is 2.25. The van der Waals surface area contributed by atoms with Crippen molar-refractivity contribution in [2.75, 3.05) is 26.4 Å². The van der Waals surface area contributed by atoms with Gasteiger partial charge in [0.2, 0.25) is 0 Å². The molecule has 328 valence electrons. The second-order valence-corrected chi connectivity index (χ2v) is 16.0. The summed E-state index contributed by atoms with van der Waals surface area (Å²) in [4.78, 5) is 34.9. The number of rotatable bonds is 41. The van der Waals surface area contributed by atoms with Crippen molar-refractivity contribution in [1.82, 2.24) is 0 Å². The van der Waals surface area contributed by atoms with Gasteiger partial charge in [0.25, 0.3) is 0 Å². The van der Waals surface area contributed by atoms with E-state index in [2.05, 4.69) is 80.7 Å². The number of phosphoric ester groups is 1. The molecular weight excluding hydrogens is 737 g/mol. The Morgan fingerprint density at radius 3 is 1.40 bits per heavy atom. The van der Waals surface area contributed by atoms with Crippen molar-refractivity contribution in [2.24, 2.45) is 5.73 Å². The lowest BCUT2D eigenvalue weighted by Crippen LogP contribution is -2.29. The predicted octanol–water partition coefficient (Wildman–Crippen LogP) is 13.1. The number of nitrogens with two attached hydrogens (primary N) is 1. The first-order valence-electron chi connectivity index (χ1n) is 22.4. The van der Waals surface area contributed by atoms with E-state index in [0.717, 1.165) is 57.8 Å². The highest BCUT2D eigenvalue weighted by atomic mass is 31.2. The fraction of sp³-hybridized carbons (Fsp3) is 0.702. The molecule has 0 saturated heterocycles. The molecule has 0 radical (unpaired) electrons. The van der Waals surface area contributed by atoms with E-state index in [-0.39, 0.29) is 32.6 Å². The maximum atomic E-state index is 12.6. The number of allylic oxidation sites excluding steroid dienone is 12. The van der Waals surface area contributed by atoms with Crippen LogP contribution in [0.5, 0.6) is 0 Å².